The maximum absolute atomic E-state index is 10.8. The topological polar surface area (TPSA) is 76.7 Å². The molecule has 8 nitrogen and oxygen atoms in total. The second-order valence-corrected chi connectivity index (χ2v) is 6.99. The van der Waals surface area contributed by atoms with Crippen molar-refractivity contribution in [2.24, 2.45) is 0 Å². The molecule has 4 rings (SSSR count). The number of piperazine rings is 1. The van der Waals surface area contributed by atoms with E-state index < -0.39 is 0 Å². The Bertz CT molecular complexity index is 978. The lowest BCUT2D eigenvalue weighted by molar-refractivity contribution is -0.384. The monoisotopic (exact) mass is 393 g/mol. The van der Waals surface area contributed by atoms with Crippen molar-refractivity contribution in [3.63, 3.8) is 0 Å². The van der Waals surface area contributed by atoms with Gasteiger partial charge in [-0.25, -0.2) is 4.98 Å². The zero-order valence-corrected chi connectivity index (χ0v) is 16.3. The van der Waals surface area contributed by atoms with E-state index in [0.717, 1.165) is 55.7 Å². The quantitative estimate of drug-likeness (QED) is 0.473. The average Bonchev–Trinajstić information content (AvgIpc) is 3.25. The number of ether oxygens (including phenoxy) is 1. The second kappa shape index (κ2) is 8.32. The van der Waals surface area contributed by atoms with Gasteiger partial charge in [0.2, 0.25) is 5.95 Å². The number of hydrogen-bond acceptors (Lipinski definition) is 6. The van der Waals surface area contributed by atoms with Crippen molar-refractivity contribution in [3.8, 4) is 11.4 Å². The first-order valence-electron chi connectivity index (χ1n) is 9.52. The molecule has 0 N–H and O–H groups in total. The summed E-state index contributed by atoms with van der Waals surface area (Å²) in [5.74, 6) is 1.74. The molecule has 0 aliphatic carbocycles. The van der Waals surface area contributed by atoms with Crippen LogP contribution in [0.4, 0.5) is 11.6 Å². The summed E-state index contributed by atoms with van der Waals surface area (Å²) < 4.78 is 7.42. The van der Waals surface area contributed by atoms with Gasteiger partial charge in [-0.2, -0.15) is 0 Å². The third-order valence-electron chi connectivity index (χ3n) is 5.16. The van der Waals surface area contributed by atoms with Crippen LogP contribution in [0.25, 0.3) is 5.69 Å². The number of aromatic nitrogens is 2. The minimum Gasteiger partial charge on any atom is -0.497 e. The lowest BCUT2D eigenvalue weighted by Crippen LogP contribution is -2.46. The SMILES string of the molecule is COc1cccc(-n2ccnc2N2CCN(Cc3ccc([N+](=O)[O-])cc3)CC2)c1. The zero-order chi connectivity index (χ0) is 20.2. The molecule has 0 spiro atoms. The molecule has 0 atom stereocenters. The minimum absolute atomic E-state index is 0.128. The van der Waals surface area contributed by atoms with E-state index in [2.05, 4.69) is 19.4 Å². The maximum atomic E-state index is 10.8. The van der Waals surface area contributed by atoms with E-state index in [1.54, 1.807) is 19.2 Å². The number of rotatable bonds is 6. The average molecular weight is 393 g/mol. The van der Waals surface area contributed by atoms with Gasteiger partial charge in [-0.15, -0.1) is 0 Å². The molecule has 2 heterocycles. The van der Waals surface area contributed by atoms with Crippen molar-refractivity contribution in [2.75, 3.05) is 38.2 Å². The summed E-state index contributed by atoms with van der Waals surface area (Å²) in [5, 5.41) is 10.8. The van der Waals surface area contributed by atoms with Crippen molar-refractivity contribution < 1.29 is 9.66 Å². The molecular formula is C21H23N5O3. The second-order valence-electron chi connectivity index (χ2n) is 6.99. The Morgan fingerprint density at radius 1 is 1.10 bits per heavy atom. The first-order valence-corrected chi connectivity index (χ1v) is 9.52. The smallest absolute Gasteiger partial charge is 0.269 e. The number of benzene rings is 2. The van der Waals surface area contributed by atoms with Crippen molar-refractivity contribution in [1.29, 1.82) is 0 Å². The van der Waals surface area contributed by atoms with Gasteiger partial charge in [0.15, 0.2) is 0 Å². The van der Waals surface area contributed by atoms with Crippen LogP contribution in [-0.4, -0.2) is 52.7 Å². The summed E-state index contributed by atoms with van der Waals surface area (Å²) >= 11 is 0. The number of nitro groups is 1. The van der Waals surface area contributed by atoms with E-state index in [9.17, 15) is 10.1 Å². The van der Waals surface area contributed by atoms with Crippen LogP contribution < -0.4 is 9.64 Å². The summed E-state index contributed by atoms with van der Waals surface area (Å²) in [4.78, 5) is 19.6. The first kappa shape index (κ1) is 18.9. The minimum atomic E-state index is -0.368. The molecule has 0 bridgehead atoms. The molecule has 2 aromatic carbocycles. The highest BCUT2D eigenvalue weighted by atomic mass is 16.6. The zero-order valence-electron chi connectivity index (χ0n) is 16.3. The number of nitro benzene ring substituents is 1. The molecular weight excluding hydrogens is 370 g/mol. The van der Waals surface area contributed by atoms with Crippen LogP contribution in [0.3, 0.4) is 0 Å². The summed E-state index contributed by atoms with van der Waals surface area (Å²) in [5.41, 5.74) is 2.23. The van der Waals surface area contributed by atoms with Gasteiger partial charge in [0.1, 0.15) is 5.75 Å². The molecule has 29 heavy (non-hydrogen) atoms. The van der Waals surface area contributed by atoms with E-state index in [0.29, 0.717) is 0 Å². The summed E-state index contributed by atoms with van der Waals surface area (Å²) in [6.45, 7) is 4.34. The molecule has 1 aromatic heterocycles. The van der Waals surface area contributed by atoms with Gasteiger partial charge in [-0.05, 0) is 17.7 Å². The van der Waals surface area contributed by atoms with Crippen LogP contribution in [0, 0.1) is 10.1 Å². The molecule has 8 heteroatoms. The third kappa shape index (κ3) is 4.22. The lowest BCUT2D eigenvalue weighted by atomic mass is 10.2. The third-order valence-corrected chi connectivity index (χ3v) is 5.16. The largest absolute Gasteiger partial charge is 0.497 e. The fourth-order valence-electron chi connectivity index (χ4n) is 3.58. The number of imidazole rings is 1. The van der Waals surface area contributed by atoms with Crippen LogP contribution in [0.15, 0.2) is 60.9 Å². The number of nitrogens with zero attached hydrogens (tertiary/aromatic N) is 5. The fourth-order valence-corrected chi connectivity index (χ4v) is 3.58. The highest BCUT2D eigenvalue weighted by Crippen LogP contribution is 2.23. The van der Waals surface area contributed by atoms with Crippen molar-refractivity contribution >= 4 is 11.6 Å². The van der Waals surface area contributed by atoms with Gasteiger partial charge >= 0.3 is 0 Å². The van der Waals surface area contributed by atoms with E-state index in [-0.39, 0.29) is 10.6 Å². The number of methoxy groups -OCH3 is 1. The predicted molar refractivity (Wildman–Crippen MR) is 111 cm³/mol. The van der Waals surface area contributed by atoms with Crippen molar-refractivity contribution in [3.05, 3.63) is 76.6 Å². The molecule has 0 unspecified atom stereocenters. The van der Waals surface area contributed by atoms with Gasteiger partial charge in [0.25, 0.3) is 5.69 Å². The summed E-state index contributed by atoms with van der Waals surface area (Å²) in [7, 11) is 1.66. The van der Waals surface area contributed by atoms with Crippen LogP contribution in [-0.2, 0) is 6.54 Å². The van der Waals surface area contributed by atoms with Crippen molar-refractivity contribution in [1.82, 2.24) is 14.5 Å². The molecule has 0 amide bonds. The maximum Gasteiger partial charge on any atom is 0.269 e. The first-order chi connectivity index (χ1) is 14.1. The van der Waals surface area contributed by atoms with Gasteiger partial charge < -0.3 is 9.64 Å². The molecule has 0 radical (unpaired) electrons. The Labute approximate surface area is 169 Å². The Balaban J connectivity index is 1.40. The number of anilines is 1. The molecule has 0 saturated carbocycles. The Morgan fingerprint density at radius 3 is 2.55 bits per heavy atom. The van der Waals surface area contributed by atoms with E-state index in [1.165, 1.54) is 0 Å². The Hall–Kier alpha value is -3.39. The van der Waals surface area contributed by atoms with Gasteiger partial charge in [-0.1, -0.05) is 18.2 Å². The molecule has 1 saturated heterocycles. The van der Waals surface area contributed by atoms with Gasteiger partial charge in [0.05, 0.1) is 17.7 Å². The van der Waals surface area contributed by atoms with Crippen LogP contribution in [0.5, 0.6) is 5.75 Å². The van der Waals surface area contributed by atoms with Gasteiger partial charge in [0, 0.05) is 63.3 Å². The molecule has 1 aliphatic heterocycles. The standard InChI is InChI=1S/C21H23N5O3/c1-29-20-4-2-3-19(15-20)25-10-9-22-21(25)24-13-11-23(12-14-24)16-17-5-7-18(8-6-17)26(27)28/h2-10,15H,11-14,16H2,1H3. The highest BCUT2D eigenvalue weighted by molar-refractivity contribution is 5.47. The normalized spacial score (nSPS) is 14.7. The molecule has 3 aromatic rings. The van der Waals surface area contributed by atoms with E-state index in [1.807, 2.05) is 48.8 Å². The van der Waals surface area contributed by atoms with Crippen LogP contribution >= 0.6 is 0 Å². The van der Waals surface area contributed by atoms with Gasteiger partial charge in [-0.3, -0.25) is 19.6 Å². The lowest BCUT2D eigenvalue weighted by Gasteiger charge is -2.35. The van der Waals surface area contributed by atoms with Crippen LogP contribution in [0.2, 0.25) is 0 Å². The van der Waals surface area contributed by atoms with E-state index >= 15 is 0 Å². The fraction of sp³-hybridized carbons (Fsp3) is 0.286. The molecule has 1 fully saturated rings. The highest BCUT2D eigenvalue weighted by Gasteiger charge is 2.21. The van der Waals surface area contributed by atoms with E-state index in [4.69, 9.17) is 4.74 Å². The summed E-state index contributed by atoms with van der Waals surface area (Å²) in [6, 6.07) is 14.7. The molecule has 150 valence electrons. The number of hydrogen-bond donors (Lipinski definition) is 0. The Kier molecular flexibility index (Phi) is 5.44. The predicted octanol–water partition coefficient (Wildman–Crippen LogP) is 3.11. The Morgan fingerprint density at radius 2 is 1.86 bits per heavy atom. The van der Waals surface area contributed by atoms with Crippen molar-refractivity contribution in [2.45, 2.75) is 6.54 Å². The number of non-ortho nitro benzene ring substituents is 1. The summed E-state index contributed by atoms with van der Waals surface area (Å²) in [6.07, 6.45) is 3.78. The molecule has 1 aliphatic rings. The van der Waals surface area contributed by atoms with Crippen LogP contribution in [0.1, 0.15) is 5.56 Å².